The first-order chi connectivity index (χ1) is 11.6. The molecule has 122 valence electrons. The van der Waals surface area contributed by atoms with Crippen molar-refractivity contribution in [2.24, 2.45) is 0 Å². The maximum atomic E-state index is 12.2. The van der Waals surface area contributed by atoms with E-state index < -0.39 is 5.97 Å². The van der Waals surface area contributed by atoms with Gasteiger partial charge >= 0.3 is 5.97 Å². The summed E-state index contributed by atoms with van der Waals surface area (Å²) in [4.78, 5) is 28.4. The average molecular weight is 404 g/mol. The van der Waals surface area contributed by atoms with Gasteiger partial charge in [0.25, 0.3) is 0 Å². The van der Waals surface area contributed by atoms with Crippen molar-refractivity contribution in [3.8, 4) is 0 Å². The lowest BCUT2D eigenvalue weighted by Crippen LogP contribution is -2.14. The Morgan fingerprint density at radius 2 is 1.83 bits per heavy atom. The van der Waals surface area contributed by atoms with E-state index in [9.17, 15) is 9.59 Å². The molecule has 3 aromatic rings. The third-order valence-corrected chi connectivity index (χ3v) is 5.16. The van der Waals surface area contributed by atoms with Crippen molar-refractivity contribution in [3.05, 3.63) is 64.3 Å². The van der Waals surface area contributed by atoms with Crippen LogP contribution >= 0.6 is 27.7 Å². The third-order valence-electron chi connectivity index (χ3n) is 3.59. The highest BCUT2D eigenvalue weighted by molar-refractivity contribution is 9.10. The summed E-state index contributed by atoms with van der Waals surface area (Å²) in [5, 5.41) is 0.892. The zero-order chi connectivity index (χ0) is 17.1. The molecule has 0 aliphatic heterocycles. The lowest BCUT2D eigenvalue weighted by molar-refractivity contribution is 0.0469. The second kappa shape index (κ2) is 7.23. The smallest absolute Gasteiger partial charge is 0.356 e. The summed E-state index contributed by atoms with van der Waals surface area (Å²) < 4.78 is 5.80. The topological polar surface area (TPSA) is 59.2 Å². The van der Waals surface area contributed by atoms with Crippen LogP contribution in [0.15, 0.2) is 57.9 Å². The standard InChI is InChI=1S/C18H14BrNO3S/c1-24-12-8-6-11(7-9-12)15(21)10-23-18(22)17-16(19)13-4-2-3-5-14(13)20-17/h2-9,20H,10H2,1H3. The van der Waals surface area contributed by atoms with Gasteiger partial charge in [0.1, 0.15) is 5.69 Å². The molecule has 6 heteroatoms. The molecule has 1 N–H and O–H groups in total. The Bertz CT molecular complexity index is 902. The number of nitrogens with one attached hydrogen (secondary N) is 1. The van der Waals surface area contributed by atoms with Gasteiger partial charge in [-0.05, 0) is 40.4 Å². The van der Waals surface area contributed by atoms with Crippen LogP contribution < -0.4 is 0 Å². The van der Waals surface area contributed by atoms with Gasteiger partial charge in [-0.3, -0.25) is 4.79 Å². The number of halogens is 1. The molecule has 0 fully saturated rings. The first kappa shape index (κ1) is 16.8. The van der Waals surface area contributed by atoms with Gasteiger partial charge in [-0.25, -0.2) is 4.79 Å². The van der Waals surface area contributed by atoms with E-state index in [0.29, 0.717) is 15.7 Å². The summed E-state index contributed by atoms with van der Waals surface area (Å²) in [7, 11) is 0. The van der Waals surface area contributed by atoms with Crippen LogP contribution in [0.5, 0.6) is 0 Å². The zero-order valence-electron chi connectivity index (χ0n) is 12.8. The van der Waals surface area contributed by atoms with E-state index in [1.807, 2.05) is 42.7 Å². The molecule has 3 rings (SSSR count). The van der Waals surface area contributed by atoms with Crippen LogP contribution in [0.2, 0.25) is 0 Å². The zero-order valence-corrected chi connectivity index (χ0v) is 15.2. The van der Waals surface area contributed by atoms with E-state index in [4.69, 9.17) is 4.74 Å². The van der Waals surface area contributed by atoms with Crippen molar-refractivity contribution in [1.29, 1.82) is 0 Å². The van der Waals surface area contributed by atoms with Gasteiger partial charge in [-0.15, -0.1) is 11.8 Å². The van der Waals surface area contributed by atoms with Crippen LogP contribution in [0.1, 0.15) is 20.8 Å². The van der Waals surface area contributed by atoms with Crippen LogP contribution in [0.3, 0.4) is 0 Å². The number of carbonyl (C=O) groups excluding carboxylic acids is 2. The minimum Gasteiger partial charge on any atom is -0.453 e. The Hall–Kier alpha value is -2.05. The Labute approximate surface area is 151 Å². The highest BCUT2D eigenvalue weighted by Crippen LogP contribution is 2.28. The number of thioether (sulfide) groups is 1. The number of hydrogen-bond donors (Lipinski definition) is 1. The number of Topliss-reactive ketones (excluding diaryl/α,β-unsaturated/α-hetero) is 1. The van der Waals surface area contributed by atoms with E-state index in [0.717, 1.165) is 15.8 Å². The molecule has 2 aromatic carbocycles. The van der Waals surface area contributed by atoms with Crippen molar-refractivity contribution in [1.82, 2.24) is 4.98 Å². The number of aromatic nitrogens is 1. The van der Waals surface area contributed by atoms with Gasteiger partial charge in [0.2, 0.25) is 0 Å². The molecule has 0 radical (unpaired) electrons. The number of aromatic amines is 1. The molecule has 4 nitrogen and oxygen atoms in total. The van der Waals surface area contributed by atoms with E-state index in [2.05, 4.69) is 20.9 Å². The molecule has 0 spiro atoms. The normalized spacial score (nSPS) is 10.8. The summed E-state index contributed by atoms with van der Waals surface area (Å²) >= 11 is 5.00. The van der Waals surface area contributed by atoms with E-state index in [-0.39, 0.29) is 12.4 Å². The second-order valence-electron chi connectivity index (χ2n) is 5.09. The summed E-state index contributed by atoms with van der Waals surface area (Å²) in [5.74, 6) is -0.796. The number of rotatable bonds is 5. The number of para-hydroxylation sites is 1. The molecule has 0 aliphatic carbocycles. The van der Waals surface area contributed by atoms with Gasteiger partial charge in [0, 0.05) is 21.4 Å². The Balaban J connectivity index is 1.69. The number of benzene rings is 2. The molecular formula is C18H14BrNO3S. The quantitative estimate of drug-likeness (QED) is 0.381. The SMILES string of the molecule is CSc1ccc(C(=O)COC(=O)c2[nH]c3ccccc3c2Br)cc1. The highest BCUT2D eigenvalue weighted by atomic mass is 79.9. The molecular weight excluding hydrogens is 390 g/mol. The number of ketones is 1. The van der Waals surface area contributed by atoms with Gasteiger partial charge in [-0.1, -0.05) is 30.3 Å². The van der Waals surface area contributed by atoms with Crippen molar-refractivity contribution < 1.29 is 14.3 Å². The first-order valence-corrected chi connectivity index (χ1v) is 9.22. The largest absolute Gasteiger partial charge is 0.453 e. The van der Waals surface area contributed by atoms with Gasteiger partial charge in [-0.2, -0.15) is 0 Å². The van der Waals surface area contributed by atoms with Gasteiger partial charge in [0.15, 0.2) is 12.4 Å². The number of carbonyl (C=O) groups is 2. The highest BCUT2D eigenvalue weighted by Gasteiger charge is 2.18. The van der Waals surface area contributed by atoms with Crippen LogP contribution in [-0.4, -0.2) is 29.6 Å². The molecule has 24 heavy (non-hydrogen) atoms. The van der Waals surface area contributed by atoms with Crippen molar-refractivity contribution in [3.63, 3.8) is 0 Å². The van der Waals surface area contributed by atoms with Crippen LogP contribution in [0, 0.1) is 0 Å². The Morgan fingerprint density at radius 1 is 1.12 bits per heavy atom. The Morgan fingerprint density at radius 3 is 2.50 bits per heavy atom. The number of fused-ring (bicyclic) bond motifs is 1. The van der Waals surface area contributed by atoms with E-state index in [1.54, 1.807) is 23.9 Å². The fourth-order valence-corrected chi connectivity index (χ4v) is 3.33. The predicted molar refractivity (Wildman–Crippen MR) is 98.8 cm³/mol. The summed E-state index contributed by atoms with van der Waals surface area (Å²) in [6.45, 7) is -0.292. The van der Waals surface area contributed by atoms with Crippen LogP contribution in [0.25, 0.3) is 10.9 Å². The molecule has 0 bridgehead atoms. The predicted octanol–water partition coefficient (Wildman–Crippen LogP) is 4.69. The van der Waals surface area contributed by atoms with Gasteiger partial charge < -0.3 is 9.72 Å². The number of hydrogen-bond acceptors (Lipinski definition) is 4. The molecule has 0 amide bonds. The fraction of sp³-hybridized carbons (Fsp3) is 0.111. The summed E-state index contributed by atoms with van der Waals surface area (Å²) in [6, 6.07) is 14.7. The molecule has 0 unspecified atom stereocenters. The van der Waals surface area contributed by atoms with Crippen molar-refractivity contribution >= 4 is 50.3 Å². The minimum atomic E-state index is -0.563. The monoisotopic (exact) mass is 403 g/mol. The molecule has 1 heterocycles. The molecule has 0 saturated carbocycles. The van der Waals surface area contributed by atoms with E-state index >= 15 is 0 Å². The number of H-pyrrole nitrogens is 1. The van der Waals surface area contributed by atoms with Gasteiger partial charge in [0.05, 0.1) is 4.47 Å². The lowest BCUT2D eigenvalue weighted by atomic mass is 10.1. The summed E-state index contributed by atoms with van der Waals surface area (Å²) in [6.07, 6.45) is 1.97. The molecule has 0 saturated heterocycles. The van der Waals surface area contributed by atoms with Crippen LogP contribution in [0.4, 0.5) is 0 Å². The average Bonchev–Trinajstić information content (AvgIpc) is 2.96. The van der Waals surface area contributed by atoms with E-state index in [1.165, 1.54) is 0 Å². The maximum Gasteiger partial charge on any atom is 0.356 e. The van der Waals surface area contributed by atoms with Crippen LogP contribution in [-0.2, 0) is 4.74 Å². The first-order valence-electron chi connectivity index (χ1n) is 7.20. The fourth-order valence-electron chi connectivity index (χ4n) is 2.31. The maximum absolute atomic E-state index is 12.2. The lowest BCUT2D eigenvalue weighted by Gasteiger charge is -2.04. The van der Waals surface area contributed by atoms with Crippen molar-refractivity contribution in [2.45, 2.75) is 4.90 Å². The number of esters is 1. The summed E-state index contributed by atoms with van der Waals surface area (Å²) in [5.41, 5.74) is 1.66. The minimum absolute atomic E-state index is 0.233. The molecule has 0 atom stereocenters. The third kappa shape index (κ3) is 3.39. The molecule has 1 aromatic heterocycles. The second-order valence-corrected chi connectivity index (χ2v) is 6.76. The molecule has 0 aliphatic rings. The van der Waals surface area contributed by atoms with Crippen molar-refractivity contribution in [2.75, 3.05) is 12.9 Å². The number of ether oxygens (including phenoxy) is 1. The Kier molecular flexibility index (Phi) is 5.06.